The molecule has 4 heteroatoms. The van der Waals surface area contributed by atoms with E-state index in [1.54, 1.807) is 0 Å². The van der Waals surface area contributed by atoms with E-state index in [2.05, 4.69) is 23.5 Å². The standard InChI is InChI=1S/C15H17N3O/c1-2-6-7(3-1)14-12-9-4-8(10-5-16-19-15(9)10)11(12)13(6)17-18-14/h1,3,5-15H,2,4H2. The molecule has 0 N–H and O–H groups in total. The lowest BCUT2D eigenvalue weighted by Gasteiger charge is -2.52. The highest BCUT2D eigenvalue weighted by atomic mass is 16.6. The van der Waals surface area contributed by atoms with Crippen molar-refractivity contribution in [2.24, 2.45) is 56.8 Å². The van der Waals surface area contributed by atoms with Crippen molar-refractivity contribution in [3.63, 3.8) is 0 Å². The van der Waals surface area contributed by atoms with Gasteiger partial charge in [-0.3, -0.25) is 0 Å². The molecule has 10 unspecified atom stereocenters. The Morgan fingerprint density at radius 3 is 2.84 bits per heavy atom. The van der Waals surface area contributed by atoms with Gasteiger partial charge in [-0.15, -0.1) is 0 Å². The van der Waals surface area contributed by atoms with Crippen molar-refractivity contribution in [1.82, 2.24) is 0 Å². The highest BCUT2D eigenvalue weighted by Crippen LogP contribution is 2.66. The molecule has 19 heavy (non-hydrogen) atoms. The van der Waals surface area contributed by atoms with Crippen molar-refractivity contribution in [3.8, 4) is 0 Å². The van der Waals surface area contributed by atoms with Crippen LogP contribution in [-0.4, -0.2) is 24.4 Å². The van der Waals surface area contributed by atoms with E-state index in [1.165, 1.54) is 12.8 Å². The number of allylic oxidation sites excluding steroid dienone is 1. The van der Waals surface area contributed by atoms with E-state index in [0.29, 0.717) is 35.9 Å². The second-order valence-corrected chi connectivity index (χ2v) is 7.24. The van der Waals surface area contributed by atoms with Gasteiger partial charge in [0.1, 0.15) is 6.10 Å². The van der Waals surface area contributed by atoms with Gasteiger partial charge in [0.15, 0.2) is 0 Å². The number of hydrogen-bond acceptors (Lipinski definition) is 4. The number of rotatable bonds is 0. The zero-order valence-electron chi connectivity index (χ0n) is 10.7. The molecule has 0 radical (unpaired) electrons. The Morgan fingerprint density at radius 2 is 1.84 bits per heavy atom. The van der Waals surface area contributed by atoms with E-state index < -0.39 is 0 Å². The van der Waals surface area contributed by atoms with E-state index >= 15 is 0 Å². The van der Waals surface area contributed by atoms with Crippen molar-refractivity contribution >= 4 is 6.21 Å². The van der Waals surface area contributed by atoms with Crippen molar-refractivity contribution in [2.75, 3.05) is 0 Å². The van der Waals surface area contributed by atoms with Gasteiger partial charge in [0.25, 0.3) is 0 Å². The Kier molecular flexibility index (Phi) is 1.50. The first-order chi connectivity index (χ1) is 9.43. The monoisotopic (exact) mass is 255 g/mol. The van der Waals surface area contributed by atoms with Gasteiger partial charge in [-0.2, -0.15) is 10.2 Å². The molecule has 7 rings (SSSR count). The molecule has 10 atom stereocenters. The predicted molar refractivity (Wildman–Crippen MR) is 68.6 cm³/mol. The van der Waals surface area contributed by atoms with Crippen LogP contribution in [0.2, 0.25) is 0 Å². The summed E-state index contributed by atoms with van der Waals surface area (Å²) in [6.45, 7) is 0. The molecule has 4 nitrogen and oxygen atoms in total. The second kappa shape index (κ2) is 2.94. The van der Waals surface area contributed by atoms with E-state index in [0.717, 1.165) is 23.7 Å². The minimum atomic E-state index is 0.365. The molecule has 3 fully saturated rings. The molecule has 3 saturated carbocycles. The number of oxime groups is 1. The third-order valence-electron chi connectivity index (χ3n) is 6.90. The number of nitrogens with zero attached hydrogens (tertiary/aromatic N) is 3. The molecule has 0 amide bonds. The fourth-order valence-electron chi connectivity index (χ4n) is 6.42. The maximum Gasteiger partial charge on any atom is 0.138 e. The Morgan fingerprint density at radius 1 is 0.947 bits per heavy atom. The first kappa shape index (κ1) is 9.67. The summed E-state index contributed by atoms with van der Waals surface area (Å²) in [4.78, 5) is 5.66. The van der Waals surface area contributed by atoms with Gasteiger partial charge in [-0.25, -0.2) is 0 Å². The first-order valence-corrected chi connectivity index (χ1v) is 7.69. The molecule has 3 aliphatic heterocycles. The van der Waals surface area contributed by atoms with E-state index in [-0.39, 0.29) is 0 Å². The van der Waals surface area contributed by atoms with Gasteiger partial charge in [0.2, 0.25) is 0 Å². The molecule has 7 aliphatic rings. The van der Waals surface area contributed by atoms with Gasteiger partial charge in [0, 0.05) is 17.8 Å². The minimum absolute atomic E-state index is 0.365. The quantitative estimate of drug-likeness (QED) is 0.612. The fraction of sp³-hybridized carbons (Fsp3) is 0.800. The van der Waals surface area contributed by atoms with Crippen molar-refractivity contribution in [1.29, 1.82) is 0 Å². The topological polar surface area (TPSA) is 46.3 Å². The van der Waals surface area contributed by atoms with Crippen molar-refractivity contribution < 1.29 is 4.84 Å². The Labute approximate surface area is 112 Å². The average molecular weight is 255 g/mol. The molecule has 4 bridgehead atoms. The Hall–Kier alpha value is -1.19. The highest BCUT2D eigenvalue weighted by molar-refractivity contribution is 5.64. The number of azo groups is 1. The van der Waals surface area contributed by atoms with Crippen LogP contribution >= 0.6 is 0 Å². The summed E-state index contributed by atoms with van der Waals surface area (Å²) in [7, 11) is 0. The number of hydrogen-bond donors (Lipinski definition) is 0. The van der Waals surface area contributed by atoms with Crippen molar-refractivity contribution in [3.05, 3.63) is 12.2 Å². The SMILES string of the molecule is C1=CC2C(C1)C1N=NC2C2C3CC(C4C=NOC43)C12. The van der Waals surface area contributed by atoms with Gasteiger partial charge in [-0.05, 0) is 36.5 Å². The van der Waals surface area contributed by atoms with Gasteiger partial charge in [-0.1, -0.05) is 17.3 Å². The zero-order valence-corrected chi connectivity index (χ0v) is 10.7. The maximum absolute atomic E-state index is 5.66. The van der Waals surface area contributed by atoms with Crippen LogP contribution in [0.25, 0.3) is 0 Å². The third-order valence-corrected chi connectivity index (χ3v) is 6.90. The van der Waals surface area contributed by atoms with Crippen LogP contribution in [-0.2, 0) is 4.84 Å². The molecule has 0 aromatic heterocycles. The van der Waals surface area contributed by atoms with Crippen LogP contribution < -0.4 is 0 Å². The van der Waals surface area contributed by atoms with Crippen LogP contribution in [0.15, 0.2) is 27.5 Å². The highest BCUT2D eigenvalue weighted by Gasteiger charge is 2.69. The number of fused-ring (bicyclic) bond motifs is 5. The summed E-state index contributed by atoms with van der Waals surface area (Å²) in [5, 5.41) is 13.5. The molecular weight excluding hydrogens is 238 g/mol. The lowest BCUT2D eigenvalue weighted by Crippen LogP contribution is -2.57. The smallest absolute Gasteiger partial charge is 0.138 e. The summed E-state index contributed by atoms with van der Waals surface area (Å²) in [6.07, 6.45) is 9.79. The maximum atomic E-state index is 5.66. The molecule has 0 aromatic rings. The van der Waals surface area contributed by atoms with Crippen LogP contribution in [0, 0.1) is 41.4 Å². The average Bonchev–Trinajstić information content (AvgIpc) is 3.20. The molecular formula is C15H17N3O. The van der Waals surface area contributed by atoms with E-state index in [4.69, 9.17) is 15.1 Å². The summed E-state index contributed by atoms with van der Waals surface area (Å²) in [5.74, 6) is 4.93. The minimum Gasteiger partial charge on any atom is -0.392 e. The van der Waals surface area contributed by atoms with Gasteiger partial charge >= 0.3 is 0 Å². The van der Waals surface area contributed by atoms with Crippen molar-refractivity contribution in [2.45, 2.75) is 31.0 Å². The summed E-state index contributed by atoms with van der Waals surface area (Å²) in [5.41, 5.74) is 0. The van der Waals surface area contributed by atoms with E-state index in [9.17, 15) is 0 Å². The normalized spacial score (nSPS) is 65.3. The molecule has 0 aromatic carbocycles. The lowest BCUT2D eigenvalue weighted by atomic mass is 9.56. The third kappa shape index (κ3) is 0.906. The Balaban J connectivity index is 1.49. The zero-order chi connectivity index (χ0) is 12.1. The molecule has 0 saturated heterocycles. The fourth-order valence-corrected chi connectivity index (χ4v) is 6.42. The van der Waals surface area contributed by atoms with E-state index in [1.807, 2.05) is 0 Å². The molecule has 4 aliphatic carbocycles. The summed E-state index contributed by atoms with van der Waals surface area (Å²) in [6, 6.07) is 0.929. The summed E-state index contributed by atoms with van der Waals surface area (Å²) < 4.78 is 0. The van der Waals surface area contributed by atoms with Crippen LogP contribution in [0.1, 0.15) is 12.8 Å². The van der Waals surface area contributed by atoms with Crippen LogP contribution in [0.4, 0.5) is 0 Å². The first-order valence-electron chi connectivity index (χ1n) is 7.69. The van der Waals surface area contributed by atoms with Crippen LogP contribution in [0.5, 0.6) is 0 Å². The second-order valence-electron chi connectivity index (χ2n) is 7.24. The molecule has 0 spiro atoms. The summed E-state index contributed by atoms with van der Waals surface area (Å²) >= 11 is 0. The molecule has 98 valence electrons. The van der Waals surface area contributed by atoms with Gasteiger partial charge < -0.3 is 4.84 Å². The Bertz CT molecular complexity index is 542. The van der Waals surface area contributed by atoms with Gasteiger partial charge in [0.05, 0.1) is 18.3 Å². The largest absolute Gasteiger partial charge is 0.392 e. The van der Waals surface area contributed by atoms with Crippen LogP contribution in [0.3, 0.4) is 0 Å². The molecule has 3 heterocycles. The predicted octanol–water partition coefficient (Wildman–Crippen LogP) is 2.28. The lowest BCUT2D eigenvalue weighted by molar-refractivity contribution is -0.0612.